The molecule has 0 aromatic carbocycles. The van der Waals surface area contributed by atoms with Gasteiger partial charge in [0.1, 0.15) is 5.82 Å². The topological polar surface area (TPSA) is 71.5 Å². The molecule has 0 spiro atoms. The van der Waals surface area contributed by atoms with Crippen molar-refractivity contribution in [2.24, 2.45) is 5.92 Å². The number of piperidine rings is 1. The number of likely N-dealkylation sites (tertiary alicyclic amines) is 1. The summed E-state index contributed by atoms with van der Waals surface area (Å²) in [6, 6.07) is 3.51. The lowest BCUT2D eigenvalue weighted by atomic mass is 9.97. The second kappa shape index (κ2) is 7.06. The standard InChI is InChI=1S/C15H21N3O3/c1-3-21-15(20)12-5-4-8-18(10-12)14(19)11-6-7-13(16-2)17-9-11/h6-7,9,12H,3-5,8,10H2,1-2H3,(H,16,17). The Hall–Kier alpha value is -2.11. The summed E-state index contributed by atoms with van der Waals surface area (Å²) < 4.78 is 5.05. The number of nitrogens with one attached hydrogen (secondary N) is 1. The van der Waals surface area contributed by atoms with E-state index in [-0.39, 0.29) is 17.8 Å². The first-order valence-electron chi connectivity index (χ1n) is 7.25. The van der Waals surface area contributed by atoms with Crippen LogP contribution in [0.3, 0.4) is 0 Å². The number of nitrogens with zero attached hydrogens (tertiary/aromatic N) is 2. The minimum Gasteiger partial charge on any atom is -0.466 e. The van der Waals surface area contributed by atoms with E-state index in [0.717, 1.165) is 18.7 Å². The lowest BCUT2D eigenvalue weighted by Crippen LogP contribution is -2.42. The number of aromatic nitrogens is 1. The zero-order valence-corrected chi connectivity index (χ0v) is 12.5. The molecule has 21 heavy (non-hydrogen) atoms. The molecule has 2 heterocycles. The van der Waals surface area contributed by atoms with Crippen molar-refractivity contribution in [3.8, 4) is 0 Å². The van der Waals surface area contributed by atoms with Gasteiger partial charge in [0.2, 0.25) is 0 Å². The fourth-order valence-corrected chi connectivity index (χ4v) is 2.46. The summed E-state index contributed by atoms with van der Waals surface area (Å²) in [5.41, 5.74) is 0.540. The predicted octanol–water partition coefficient (Wildman–Crippen LogP) is 1.54. The Bertz CT molecular complexity index is 501. The monoisotopic (exact) mass is 291 g/mol. The Balaban J connectivity index is 2.02. The van der Waals surface area contributed by atoms with Crippen molar-refractivity contribution < 1.29 is 14.3 Å². The second-order valence-electron chi connectivity index (χ2n) is 5.02. The highest BCUT2D eigenvalue weighted by Gasteiger charge is 2.29. The van der Waals surface area contributed by atoms with E-state index in [0.29, 0.717) is 25.3 Å². The summed E-state index contributed by atoms with van der Waals surface area (Å²) in [6.07, 6.45) is 3.15. The number of carbonyl (C=O) groups excluding carboxylic acids is 2. The van der Waals surface area contributed by atoms with Crippen molar-refractivity contribution in [3.05, 3.63) is 23.9 Å². The molecule has 1 unspecified atom stereocenters. The van der Waals surface area contributed by atoms with Gasteiger partial charge < -0.3 is 15.0 Å². The Morgan fingerprint density at radius 3 is 2.90 bits per heavy atom. The van der Waals surface area contributed by atoms with Crippen molar-refractivity contribution in [1.29, 1.82) is 0 Å². The maximum atomic E-state index is 12.4. The molecule has 1 aliphatic rings. The third kappa shape index (κ3) is 3.71. The maximum absolute atomic E-state index is 12.4. The summed E-state index contributed by atoms with van der Waals surface area (Å²) in [7, 11) is 1.78. The van der Waals surface area contributed by atoms with E-state index >= 15 is 0 Å². The molecule has 6 heteroatoms. The molecule has 0 aliphatic carbocycles. The van der Waals surface area contributed by atoms with Gasteiger partial charge in [-0.15, -0.1) is 0 Å². The summed E-state index contributed by atoms with van der Waals surface area (Å²) in [5, 5.41) is 2.91. The van der Waals surface area contributed by atoms with Crippen LogP contribution in [-0.4, -0.2) is 48.5 Å². The van der Waals surface area contributed by atoms with Gasteiger partial charge in [-0.2, -0.15) is 0 Å². The zero-order chi connectivity index (χ0) is 15.2. The van der Waals surface area contributed by atoms with Crippen molar-refractivity contribution in [3.63, 3.8) is 0 Å². The highest BCUT2D eigenvalue weighted by molar-refractivity contribution is 5.94. The molecule has 1 aromatic rings. The third-order valence-electron chi connectivity index (χ3n) is 3.60. The van der Waals surface area contributed by atoms with Gasteiger partial charge in [0.05, 0.1) is 18.1 Å². The van der Waals surface area contributed by atoms with Crippen molar-refractivity contribution >= 4 is 17.7 Å². The molecule has 1 N–H and O–H groups in total. The molecule has 1 amide bonds. The van der Waals surface area contributed by atoms with E-state index in [2.05, 4.69) is 10.3 Å². The number of ether oxygens (including phenoxy) is 1. The van der Waals surface area contributed by atoms with Gasteiger partial charge in [-0.25, -0.2) is 4.98 Å². The Kier molecular flexibility index (Phi) is 5.14. The van der Waals surface area contributed by atoms with E-state index in [1.807, 2.05) is 0 Å². The SMILES string of the molecule is CCOC(=O)C1CCCN(C(=O)c2ccc(NC)nc2)C1. The molecule has 1 fully saturated rings. The lowest BCUT2D eigenvalue weighted by Gasteiger charge is -2.31. The molecule has 2 rings (SSSR count). The first-order valence-corrected chi connectivity index (χ1v) is 7.25. The van der Waals surface area contributed by atoms with Crippen LogP contribution in [0.25, 0.3) is 0 Å². The van der Waals surface area contributed by atoms with Crippen molar-refractivity contribution in [1.82, 2.24) is 9.88 Å². The highest BCUT2D eigenvalue weighted by Crippen LogP contribution is 2.20. The number of hydrogen-bond acceptors (Lipinski definition) is 5. The summed E-state index contributed by atoms with van der Waals surface area (Å²) in [6.45, 7) is 3.26. The molecule has 1 saturated heterocycles. The maximum Gasteiger partial charge on any atom is 0.310 e. The van der Waals surface area contributed by atoms with Gasteiger partial charge in [0.15, 0.2) is 0 Å². The summed E-state index contributed by atoms with van der Waals surface area (Å²) in [5.74, 6) is 0.208. The molecule has 0 saturated carbocycles. The fourth-order valence-electron chi connectivity index (χ4n) is 2.46. The first-order chi connectivity index (χ1) is 10.2. The van der Waals surface area contributed by atoms with Crippen LogP contribution in [0.4, 0.5) is 5.82 Å². The van der Waals surface area contributed by atoms with Gasteiger partial charge in [-0.05, 0) is 31.9 Å². The normalized spacial score (nSPS) is 18.2. The number of anilines is 1. The molecule has 6 nitrogen and oxygen atoms in total. The quantitative estimate of drug-likeness (QED) is 0.852. The molecule has 1 atom stereocenters. The minimum absolute atomic E-state index is 0.0841. The first kappa shape index (κ1) is 15.3. The van der Waals surface area contributed by atoms with Crippen LogP contribution in [0.2, 0.25) is 0 Å². The highest BCUT2D eigenvalue weighted by atomic mass is 16.5. The second-order valence-corrected chi connectivity index (χ2v) is 5.02. The van der Waals surface area contributed by atoms with Gasteiger partial charge in [0, 0.05) is 26.3 Å². The van der Waals surface area contributed by atoms with Crippen molar-refractivity contribution in [2.45, 2.75) is 19.8 Å². The van der Waals surface area contributed by atoms with Crippen LogP contribution in [0.1, 0.15) is 30.1 Å². The van der Waals surface area contributed by atoms with Gasteiger partial charge in [-0.3, -0.25) is 9.59 Å². The van der Waals surface area contributed by atoms with E-state index in [1.54, 1.807) is 37.2 Å². The smallest absolute Gasteiger partial charge is 0.310 e. The van der Waals surface area contributed by atoms with Crippen LogP contribution in [0, 0.1) is 5.92 Å². The molecule has 1 aliphatic heterocycles. The largest absolute Gasteiger partial charge is 0.466 e. The van der Waals surface area contributed by atoms with Gasteiger partial charge in [0.25, 0.3) is 5.91 Å². The van der Waals surface area contributed by atoms with E-state index in [1.165, 1.54) is 0 Å². The minimum atomic E-state index is -0.216. The Labute approximate surface area is 124 Å². The van der Waals surface area contributed by atoms with Crippen LogP contribution in [-0.2, 0) is 9.53 Å². The molecule has 114 valence electrons. The zero-order valence-electron chi connectivity index (χ0n) is 12.5. The Morgan fingerprint density at radius 2 is 2.29 bits per heavy atom. The van der Waals surface area contributed by atoms with Crippen LogP contribution in [0.15, 0.2) is 18.3 Å². The molecular formula is C15H21N3O3. The van der Waals surface area contributed by atoms with E-state index in [4.69, 9.17) is 4.74 Å². The number of amides is 1. The van der Waals surface area contributed by atoms with Crippen LogP contribution < -0.4 is 5.32 Å². The van der Waals surface area contributed by atoms with Crippen molar-refractivity contribution in [2.75, 3.05) is 32.1 Å². The van der Waals surface area contributed by atoms with E-state index < -0.39 is 0 Å². The van der Waals surface area contributed by atoms with E-state index in [9.17, 15) is 9.59 Å². The third-order valence-corrected chi connectivity index (χ3v) is 3.60. The lowest BCUT2D eigenvalue weighted by molar-refractivity contribution is -0.149. The average molecular weight is 291 g/mol. The summed E-state index contributed by atoms with van der Waals surface area (Å²) >= 11 is 0. The molecule has 1 aromatic heterocycles. The number of hydrogen-bond donors (Lipinski definition) is 1. The number of pyridine rings is 1. The number of carbonyl (C=O) groups is 2. The van der Waals surface area contributed by atoms with Crippen LogP contribution in [0.5, 0.6) is 0 Å². The average Bonchev–Trinajstić information content (AvgIpc) is 2.54. The summed E-state index contributed by atoms with van der Waals surface area (Å²) in [4.78, 5) is 30.1. The molecule has 0 radical (unpaired) electrons. The molecular weight excluding hydrogens is 270 g/mol. The predicted molar refractivity (Wildman–Crippen MR) is 79.0 cm³/mol. The van der Waals surface area contributed by atoms with Crippen LogP contribution >= 0.6 is 0 Å². The number of rotatable bonds is 4. The Morgan fingerprint density at radius 1 is 1.48 bits per heavy atom. The van der Waals surface area contributed by atoms with Gasteiger partial charge in [-0.1, -0.05) is 0 Å². The fraction of sp³-hybridized carbons (Fsp3) is 0.533. The molecule has 0 bridgehead atoms. The van der Waals surface area contributed by atoms with Gasteiger partial charge >= 0.3 is 5.97 Å². The number of esters is 1.